The highest BCUT2D eigenvalue weighted by Crippen LogP contribution is 2.32. The highest BCUT2D eigenvalue weighted by molar-refractivity contribution is 7.88. The Morgan fingerprint density at radius 2 is 2.13 bits per heavy atom. The van der Waals surface area contributed by atoms with E-state index in [2.05, 4.69) is 5.32 Å². The average Bonchev–Trinajstić information content (AvgIpc) is 3.02. The van der Waals surface area contributed by atoms with Crippen molar-refractivity contribution in [3.8, 4) is 0 Å². The molecular weight excluding hydrogens is 318 g/mol. The van der Waals surface area contributed by atoms with Crippen molar-refractivity contribution in [2.45, 2.75) is 25.8 Å². The third-order valence-corrected chi connectivity index (χ3v) is 5.77. The first-order chi connectivity index (χ1) is 10.8. The van der Waals surface area contributed by atoms with E-state index in [1.165, 1.54) is 10.6 Å². The molecule has 2 aliphatic heterocycles. The molecule has 0 aliphatic carbocycles. The molecule has 0 saturated carbocycles. The zero-order valence-corrected chi connectivity index (χ0v) is 14.3. The molecule has 0 aromatic carbocycles. The smallest absolute Gasteiger partial charge is 0.318 e. The number of amides is 2. The topological polar surface area (TPSA) is 82.9 Å². The van der Waals surface area contributed by atoms with E-state index in [1.54, 1.807) is 0 Å². The van der Waals surface area contributed by atoms with Crippen LogP contribution in [0.1, 0.15) is 30.4 Å². The minimum absolute atomic E-state index is 0.00221. The lowest BCUT2D eigenvalue weighted by atomic mass is 10.0. The quantitative estimate of drug-likeness (QED) is 0.895. The average molecular weight is 341 g/mol. The first-order valence-corrected chi connectivity index (χ1v) is 9.75. The predicted molar refractivity (Wildman–Crippen MR) is 85.4 cm³/mol. The van der Waals surface area contributed by atoms with Crippen LogP contribution in [0.25, 0.3) is 0 Å². The molecule has 1 atom stereocenters. The summed E-state index contributed by atoms with van der Waals surface area (Å²) in [5.74, 6) is 1.88. The summed E-state index contributed by atoms with van der Waals surface area (Å²) in [5, 5.41) is 2.93. The number of furan rings is 1. The maximum absolute atomic E-state index is 12.4. The van der Waals surface area contributed by atoms with Crippen molar-refractivity contribution < 1.29 is 17.6 Å². The van der Waals surface area contributed by atoms with E-state index in [-0.39, 0.29) is 18.0 Å². The maximum Gasteiger partial charge on any atom is 0.318 e. The molecule has 1 N–H and O–H groups in total. The fourth-order valence-electron chi connectivity index (χ4n) is 3.19. The van der Waals surface area contributed by atoms with Gasteiger partial charge in [0.05, 0.1) is 12.3 Å². The first kappa shape index (κ1) is 16.3. The molecule has 1 aromatic rings. The lowest BCUT2D eigenvalue weighted by Gasteiger charge is -2.37. The maximum atomic E-state index is 12.4. The Bertz CT molecular complexity index is 679. The lowest BCUT2D eigenvalue weighted by Crippen LogP contribution is -2.54. The van der Waals surface area contributed by atoms with E-state index in [9.17, 15) is 13.2 Å². The highest BCUT2D eigenvalue weighted by Gasteiger charge is 2.35. The second kappa shape index (κ2) is 6.16. The summed E-state index contributed by atoms with van der Waals surface area (Å²) in [6.45, 7) is 4.09. The van der Waals surface area contributed by atoms with Crippen LogP contribution in [0.4, 0.5) is 4.79 Å². The van der Waals surface area contributed by atoms with E-state index < -0.39 is 10.0 Å². The molecule has 0 bridgehead atoms. The number of likely N-dealkylation sites (tertiary alicyclic amines) is 1. The number of nitrogens with zero attached hydrogens (tertiary/aromatic N) is 2. The second-order valence-corrected chi connectivity index (χ2v) is 8.41. The summed E-state index contributed by atoms with van der Waals surface area (Å²) >= 11 is 0. The Morgan fingerprint density at radius 3 is 2.74 bits per heavy atom. The molecule has 1 unspecified atom stereocenters. The van der Waals surface area contributed by atoms with Gasteiger partial charge in [-0.3, -0.25) is 0 Å². The van der Waals surface area contributed by atoms with Crippen LogP contribution in [0.15, 0.2) is 16.5 Å². The van der Waals surface area contributed by atoms with E-state index in [1.807, 2.05) is 24.0 Å². The van der Waals surface area contributed by atoms with Crippen molar-refractivity contribution in [2.24, 2.45) is 5.92 Å². The molecule has 0 spiro atoms. The van der Waals surface area contributed by atoms with Gasteiger partial charge in [0.1, 0.15) is 11.5 Å². The van der Waals surface area contributed by atoms with Crippen molar-refractivity contribution in [3.05, 3.63) is 23.7 Å². The predicted octanol–water partition coefficient (Wildman–Crippen LogP) is 1.33. The molecule has 3 heterocycles. The minimum atomic E-state index is -3.10. The van der Waals surface area contributed by atoms with Gasteiger partial charge in [-0.1, -0.05) is 0 Å². The Morgan fingerprint density at radius 1 is 1.39 bits per heavy atom. The number of carbonyl (C=O) groups is 1. The Balaban J connectivity index is 1.50. The van der Waals surface area contributed by atoms with Gasteiger partial charge in [0.15, 0.2) is 0 Å². The molecular formula is C15H23N3O4S. The van der Waals surface area contributed by atoms with Crippen molar-refractivity contribution in [3.63, 3.8) is 0 Å². The number of rotatable bonds is 4. The lowest BCUT2D eigenvalue weighted by molar-refractivity contribution is 0.169. The van der Waals surface area contributed by atoms with Gasteiger partial charge in [-0.25, -0.2) is 17.5 Å². The van der Waals surface area contributed by atoms with Gasteiger partial charge >= 0.3 is 6.03 Å². The van der Waals surface area contributed by atoms with Gasteiger partial charge in [0.2, 0.25) is 10.0 Å². The molecule has 8 heteroatoms. The largest absolute Gasteiger partial charge is 0.464 e. The molecule has 3 rings (SSSR count). The Hall–Kier alpha value is -1.54. The van der Waals surface area contributed by atoms with Crippen molar-refractivity contribution in [1.29, 1.82) is 0 Å². The molecule has 2 amide bonds. The van der Waals surface area contributed by atoms with Crippen LogP contribution in [0, 0.1) is 12.8 Å². The van der Waals surface area contributed by atoms with Gasteiger partial charge in [0.25, 0.3) is 0 Å². The second-order valence-electron chi connectivity index (χ2n) is 6.43. The summed E-state index contributed by atoms with van der Waals surface area (Å²) < 4.78 is 29.7. The van der Waals surface area contributed by atoms with Gasteiger partial charge in [-0.2, -0.15) is 0 Å². The Labute approximate surface area is 136 Å². The normalized spacial score (nSPS) is 23.0. The molecule has 2 saturated heterocycles. The summed E-state index contributed by atoms with van der Waals surface area (Å²) in [5.41, 5.74) is 0. The molecule has 2 aliphatic rings. The number of carbonyl (C=O) groups excluding carboxylic acids is 1. The zero-order chi connectivity index (χ0) is 16.6. The summed E-state index contributed by atoms with van der Waals surface area (Å²) in [4.78, 5) is 14.2. The highest BCUT2D eigenvalue weighted by atomic mass is 32.2. The van der Waals surface area contributed by atoms with Crippen LogP contribution in [0.3, 0.4) is 0 Å². The van der Waals surface area contributed by atoms with Gasteiger partial charge in [-0.05, 0) is 31.9 Å². The molecule has 7 nitrogen and oxygen atoms in total. The third-order valence-electron chi connectivity index (χ3n) is 4.54. The minimum Gasteiger partial charge on any atom is -0.464 e. The number of sulfonamides is 1. The molecule has 1 aromatic heterocycles. The Kier molecular flexibility index (Phi) is 4.37. The summed E-state index contributed by atoms with van der Waals surface area (Å²) in [7, 11) is -3.10. The van der Waals surface area contributed by atoms with Crippen LogP contribution in [-0.4, -0.2) is 56.1 Å². The van der Waals surface area contributed by atoms with Gasteiger partial charge < -0.3 is 14.6 Å². The van der Waals surface area contributed by atoms with Crippen molar-refractivity contribution in [2.75, 3.05) is 32.4 Å². The summed E-state index contributed by atoms with van der Waals surface area (Å²) in [6, 6.07) is 3.75. The SMILES string of the molecule is Cc1ccc(C2CCCN2C(=O)NCC2CN(S(C)(=O)=O)C2)o1. The standard InChI is InChI=1S/C15H23N3O4S/c1-11-5-6-14(22-11)13-4-3-7-18(13)15(19)16-8-12-9-17(10-12)23(2,20)21/h5-6,12-13H,3-4,7-10H2,1-2H3,(H,16,19). The number of nitrogens with one attached hydrogen (secondary N) is 1. The van der Waals surface area contributed by atoms with Crippen molar-refractivity contribution in [1.82, 2.24) is 14.5 Å². The zero-order valence-electron chi connectivity index (χ0n) is 13.5. The van der Waals surface area contributed by atoms with Crippen LogP contribution >= 0.6 is 0 Å². The number of urea groups is 1. The van der Waals surface area contributed by atoms with Crippen LogP contribution in [0.2, 0.25) is 0 Å². The molecule has 0 radical (unpaired) electrons. The summed E-state index contributed by atoms with van der Waals surface area (Å²) in [6.07, 6.45) is 3.08. The third kappa shape index (κ3) is 3.53. The number of aryl methyl sites for hydroxylation is 1. The fraction of sp³-hybridized carbons (Fsp3) is 0.667. The molecule has 23 heavy (non-hydrogen) atoms. The van der Waals surface area contributed by atoms with Crippen LogP contribution in [-0.2, 0) is 10.0 Å². The molecule has 128 valence electrons. The van der Waals surface area contributed by atoms with Crippen LogP contribution < -0.4 is 5.32 Å². The van der Waals surface area contributed by atoms with Gasteiger partial charge in [-0.15, -0.1) is 0 Å². The van der Waals surface area contributed by atoms with Gasteiger partial charge in [0, 0.05) is 32.1 Å². The molecule has 2 fully saturated rings. The van der Waals surface area contributed by atoms with E-state index >= 15 is 0 Å². The number of hydrogen-bond donors (Lipinski definition) is 1. The van der Waals surface area contributed by atoms with E-state index in [0.717, 1.165) is 30.9 Å². The van der Waals surface area contributed by atoms with E-state index in [0.29, 0.717) is 19.6 Å². The fourth-order valence-corrected chi connectivity index (χ4v) is 4.16. The van der Waals surface area contributed by atoms with Crippen LogP contribution in [0.5, 0.6) is 0 Å². The van der Waals surface area contributed by atoms with Crippen molar-refractivity contribution >= 4 is 16.1 Å². The first-order valence-electron chi connectivity index (χ1n) is 7.90. The number of hydrogen-bond acceptors (Lipinski definition) is 4. The monoisotopic (exact) mass is 341 g/mol. The van der Waals surface area contributed by atoms with E-state index in [4.69, 9.17) is 4.42 Å².